The lowest BCUT2D eigenvalue weighted by molar-refractivity contribution is -0.120. The van der Waals surface area contributed by atoms with Crippen LogP contribution in [0, 0.1) is 0 Å². The molecule has 0 aromatic rings. The minimum absolute atomic E-state index is 2.21. The third-order valence-corrected chi connectivity index (χ3v) is 0.400. The van der Waals surface area contributed by atoms with Crippen LogP contribution in [-0.4, -0.2) is 9.47 Å². The van der Waals surface area contributed by atoms with Crippen molar-refractivity contribution in [1.82, 2.24) is 0 Å². The Balaban J connectivity index is 3.23. The van der Waals surface area contributed by atoms with Gasteiger partial charge in [0.05, 0.1) is 0 Å². The Bertz CT molecular complexity index is 63.0. The maximum atomic E-state index is 9.30. The summed E-state index contributed by atoms with van der Waals surface area (Å²) < 4.78 is 12.4. The fourth-order valence-corrected chi connectivity index (χ4v) is 0. The van der Waals surface area contributed by atoms with Gasteiger partial charge in [-0.05, 0) is 0 Å². The van der Waals surface area contributed by atoms with E-state index in [1.807, 2.05) is 0 Å². The van der Waals surface area contributed by atoms with E-state index < -0.39 is 9.64 Å². The van der Waals surface area contributed by atoms with E-state index in [-0.39, 0.29) is 0 Å². The minimum atomic E-state index is -2.21. The molecule has 5 heavy (non-hydrogen) atoms. The Morgan fingerprint density at radius 3 is 2.20 bits per heavy atom. The van der Waals surface area contributed by atoms with Gasteiger partial charge in [-0.15, -0.1) is 4.33 Å². The fraction of sp³-hybridized carbons (Fsp3) is 0. The zero-order valence-electron chi connectivity index (χ0n) is 2.12. The van der Waals surface area contributed by atoms with Crippen molar-refractivity contribution in [3.05, 3.63) is 0 Å². The quantitative estimate of drug-likeness (QED) is 0.270. The standard InChI is InChI=1S/H2O3S2/c1-3-5(2)4/h1,5H. The first-order chi connectivity index (χ1) is 2.27. The maximum absolute atomic E-state index is 9.30. The molecule has 0 amide bonds. The molecule has 1 N–H and O–H groups in total. The lowest BCUT2D eigenvalue weighted by Crippen LogP contribution is -1.71. The first-order valence-electron chi connectivity index (χ1n) is 0.730. The average Bonchev–Trinajstić information content (AvgIpc) is 1.38. The molecular weight excluding hydrogens is 112 g/mol. The van der Waals surface area contributed by atoms with Gasteiger partial charge in [-0.1, -0.05) is 0 Å². The molecule has 0 aromatic carbocycles. The van der Waals surface area contributed by atoms with Gasteiger partial charge in [0, 0.05) is 11.2 Å². The summed E-state index contributed by atoms with van der Waals surface area (Å²) in [5, 5.41) is 7.26. The second kappa shape index (κ2) is 2.52. The van der Waals surface area contributed by atoms with Crippen LogP contribution in [0.25, 0.3) is 0 Å². The number of hydrogen-bond donors (Lipinski definition) is 2. The first kappa shape index (κ1) is 5.29. The van der Waals surface area contributed by atoms with Gasteiger partial charge >= 0.3 is 0 Å². The molecule has 0 aliphatic heterocycles. The second-order valence-electron chi connectivity index (χ2n) is 0.305. The Morgan fingerprint density at radius 1 is 2.00 bits per heavy atom. The van der Waals surface area contributed by atoms with Crippen LogP contribution in [0.15, 0.2) is 0 Å². The average molecular weight is 114 g/mol. The van der Waals surface area contributed by atoms with Crippen molar-refractivity contribution in [2.24, 2.45) is 0 Å². The molecule has 0 heterocycles. The topological polar surface area (TPSA) is 46.5 Å². The molecule has 0 aliphatic rings. The summed E-state index contributed by atoms with van der Waals surface area (Å²) in [4.78, 5) is 0. The summed E-state index contributed by atoms with van der Waals surface area (Å²) in [6.07, 6.45) is 0. The third kappa shape index (κ3) is 4.29. The highest BCUT2D eigenvalue weighted by atomic mass is 32.8. The van der Waals surface area contributed by atoms with Crippen molar-refractivity contribution in [2.75, 3.05) is 0 Å². The van der Waals surface area contributed by atoms with Crippen LogP contribution in [0.4, 0.5) is 0 Å². The predicted octanol–water partition coefficient (Wildman–Crippen LogP) is -0.666. The molecule has 0 aliphatic carbocycles. The Morgan fingerprint density at radius 2 is 2.20 bits per heavy atom. The molecule has 0 rings (SSSR count). The number of thiol groups is 1. The fourth-order valence-electron chi connectivity index (χ4n) is 0. The van der Waals surface area contributed by atoms with E-state index in [1.54, 1.807) is 0 Å². The molecule has 0 fully saturated rings. The smallest absolute Gasteiger partial charge is 0.163 e. The molecule has 0 radical (unpaired) electrons. The second-order valence-corrected chi connectivity index (χ2v) is 1.81. The van der Waals surface area contributed by atoms with E-state index in [0.717, 1.165) is 0 Å². The summed E-state index contributed by atoms with van der Waals surface area (Å²) >= 11 is 3.82. The maximum Gasteiger partial charge on any atom is 0.163 e. The predicted molar refractivity (Wildman–Crippen MR) is 20.6 cm³/mol. The van der Waals surface area contributed by atoms with E-state index in [2.05, 4.69) is 15.5 Å². The van der Waals surface area contributed by atoms with E-state index in [1.165, 1.54) is 0 Å². The molecule has 32 valence electrons. The Hall–Kier alpha value is 0.290. The molecule has 5 heteroatoms. The van der Waals surface area contributed by atoms with Crippen LogP contribution in [0.3, 0.4) is 0 Å². The highest BCUT2D eigenvalue weighted by Gasteiger charge is 1.60. The van der Waals surface area contributed by atoms with Crippen LogP contribution in [-0.2, 0) is 25.2 Å². The van der Waals surface area contributed by atoms with Crippen LogP contribution in [0.2, 0.25) is 0 Å². The monoisotopic (exact) mass is 114 g/mol. The lowest BCUT2D eigenvalue weighted by Gasteiger charge is -1.67. The molecule has 0 bridgehead atoms. The van der Waals surface area contributed by atoms with Gasteiger partial charge in [0.25, 0.3) is 0 Å². The van der Waals surface area contributed by atoms with Crippen molar-refractivity contribution < 1.29 is 13.8 Å². The van der Waals surface area contributed by atoms with Crippen molar-refractivity contribution >= 4 is 20.8 Å². The van der Waals surface area contributed by atoms with Crippen molar-refractivity contribution in [3.8, 4) is 0 Å². The van der Waals surface area contributed by atoms with Gasteiger partial charge in [-0.3, -0.25) is 0 Å². The van der Waals surface area contributed by atoms with Gasteiger partial charge in [-0.2, -0.15) is 0 Å². The minimum Gasteiger partial charge on any atom is -0.237 e. The number of rotatable bonds is 1. The van der Waals surface area contributed by atoms with Crippen LogP contribution < -0.4 is 0 Å². The molecule has 0 saturated carbocycles. The van der Waals surface area contributed by atoms with Gasteiger partial charge in [0.2, 0.25) is 0 Å². The summed E-state index contributed by atoms with van der Waals surface area (Å²) in [6.45, 7) is 0. The third-order valence-electron chi connectivity index (χ3n) is 0.0667. The summed E-state index contributed by atoms with van der Waals surface area (Å²) in [5.41, 5.74) is 0. The lowest BCUT2D eigenvalue weighted by atomic mass is 15.0. The van der Waals surface area contributed by atoms with Crippen molar-refractivity contribution in [2.45, 2.75) is 0 Å². The van der Waals surface area contributed by atoms with Crippen molar-refractivity contribution in [1.29, 1.82) is 0 Å². The molecule has 0 aromatic heterocycles. The van der Waals surface area contributed by atoms with Crippen LogP contribution in [0.5, 0.6) is 0 Å². The summed E-state index contributed by atoms with van der Waals surface area (Å²) in [7, 11) is -2.21. The van der Waals surface area contributed by atoms with E-state index in [4.69, 9.17) is 5.26 Å². The van der Waals surface area contributed by atoms with Crippen LogP contribution >= 0.6 is 0 Å². The van der Waals surface area contributed by atoms with E-state index >= 15 is 0 Å². The highest BCUT2D eigenvalue weighted by Crippen LogP contribution is 1.54. The molecule has 0 spiro atoms. The van der Waals surface area contributed by atoms with Gasteiger partial charge in [0.1, 0.15) is 0 Å². The summed E-state index contributed by atoms with van der Waals surface area (Å²) in [6, 6.07) is 0. The highest BCUT2D eigenvalue weighted by molar-refractivity contribution is 8.19. The SMILES string of the molecule is O=[SH](=S)OO. The van der Waals surface area contributed by atoms with E-state index in [9.17, 15) is 4.21 Å². The zero-order valence-corrected chi connectivity index (χ0v) is 3.83. The largest absolute Gasteiger partial charge is 0.237 e. The Kier molecular flexibility index (Phi) is 2.67. The van der Waals surface area contributed by atoms with Gasteiger partial charge in [-0.25, -0.2) is 9.47 Å². The molecule has 1 unspecified atom stereocenters. The zero-order chi connectivity index (χ0) is 4.28. The molecular formula is H2O3S2. The Labute approximate surface area is 35.4 Å². The van der Waals surface area contributed by atoms with Gasteiger partial charge in [0.15, 0.2) is 9.64 Å². The van der Waals surface area contributed by atoms with Gasteiger partial charge < -0.3 is 0 Å². The molecule has 1 atom stereocenters. The summed E-state index contributed by atoms with van der Waals surface area (Å²) in [5.74, 6) is 0. The van der Waals surface area contributed by atoms with Crippen LogP contribution in [0.1, 0.15) is 0 Å². The number of hydrogen-bond acceptors (Lipinski definition) is 4. The molecule has 0 saturated heterocycles. The first-order valence-corrected chi connectivity index (χ1v) is 2.92. The molecule has 3 nitrogen and oxygen atoms in total. The normalized spacial score (nSPS) is 14.6. The van der Waals surface area contributed by atoms with Crippen molar-refractivity contribution in [3.63, 3.8) is 0 Å². The van der Waals surface area contributed by atoms with E-state index in [0.29, 0.717) is 0 Å².